The maximum Gasteiger partial charge on any atom is 0.326 e. The van der Waals surface area contributed by atoms with Gasteiger partial charge in [-0.2, -0.15) is 0 Å². The van der Waals surface area contributed by atoms with Gasteiger partial charge in [-0.1, -0.05) is 13.3 Å². The topological polar surface area (TPSA) is 95.5 Å². The normalized spacial score (nSPS) is 18.0. The Morgan fingerprint density at radius 1 is 1.29 bits per heavy atom. The summed E-state index contributed by atoms with van der Waals surface area (Å²) in [5, 5.41) is 13.8. The first kappa shape index (κ1) is 13.5. The van der Waals surface area contributed by atoms with Crippen molar-refractivity contribution in [2.45, 2.75) is 38.6 Å². The van der Waals surface area contributed by atoms with Gasteiger partial charge in [0.05, 0.1) is 0 Å². The van der Waals surface area contributed by atoms with Gasteiger partial charge in [-0.25, -0.2) is 4.79 Å². The van der Waals surface area contributed by atoms with Crippen LogP contribution >= 0.6 is 0 Å². The molecule has 1 aliphatic rings. The lowest BCUT2D eigenvalue weighted by Crippen LogP contribution is -2.48. The number of hydrogen-bond donors (Lipinski definition) is 3. The number of aliphatic carboxylic acids is 1. The third kappa shape index (κ3) is 2.75. The Labute approximate surface area is 99.8 Å². The molecule has 0 radical (unpaired) electrons. The van der Waals surface area contributed by atoms with Gasteiger partial charge in [0.2, 0.25) is 11.8 Å². The number of rotatable bonds is 6. The van der Waals surface area contributed by atoms with Crippen LogP contribution in [-0.4, -0.2) is 36.0 Å². The van der Waals surface area contributed by atoms with Crippen molar-refractivity contribution in [1.82, 2.24) is 10.6 Å². The Morgan fingerprint density at radius 3 is 2.24 bits per heavy atom. The molecule has 0 saturated heterocycles. The van der Waals surface area contributed by atoms with E-state index in [0.717, 1.165) is 0 Å². The van der Waals surface area contributed by atoms with Gasteiger partial charge in [-0.15, -0.1) is 0 Å². The molecule has 17 heavy (non-hydrogen) atoms. The van der Waals surface area contributed by atoms with Crippen molar-refractivity contribution in [3.8, 4) is 0 Å². The van der Waals surface area contributed by atoms with Gasteiger partial charge in [0.1, 0.15) is 11.5 Å². The van der Waals surface area contributed by atoms with Crippen molar-refractivity contribution in [3.63, 3.8) is 0 Å². The van der Waals surface area contributed by atoms with Crippen LogP contribution in [0.2, 0.25) is 0 Å². The molecule has 96 valence electrons. The van der Waals surface area contributed by atoms with Crippen molar-refractivity contribution in [3.05, 3.63) is 0 Å². The zero-order valence-electron chi connectivity index (χ0n) is 10.1. The highest BCUT2D eigenvalue weighted by atomic mass is 16.4. The second-order valence-corrected chi connectivity index (χ2v) is 4.31. The van der Waals surface area contributed by atoms with E-state index in [1.807, 2.05) is 6.92 Å². The van der Waals surface area contributed by atoms with Crippen molar-refractivity contribution >= 4 is 17.8 Å². The first-order valence-electron chi connectivity index (χ1n) is 5.74. The Hall–Kier alpha value is -1.59. The molecule has 0 bridgehead atoms. The molecule has 6 nitrogen and oxygen atoms in total. The van der Waals surface area contributed by atoms with Crippen molar-refractivity contribution in [2.75, 3.05) is 7.05 Å². The number of amides is 2. The number of carboxylic acids is 1. The molecule has 3 N–H and O–H groups in total. The zero-order chi connectivity index (χ0) is 13.1. The maximum atomic E-state index is 11.9. The van der Waals surface area contributed by atoms with Gasteiger partial charge in [-0.05, 0) is 19.3 Å². The van der Waals surface area contributed by atoms with Gasteiger partial charge >= 0.3 is 5.97 Å². The van der Waals surface area contributed by atoms with Crippen LogP contribution in [0, 0.1) is 5.41 Å². The Kier molecular flexibility index (Phi) is 4.09. The number of hydrogen-bond acceptors (Lipinski definition) is 3. The minimum Gasteiger partial charge on any atom is -0.480 e. The number of carboxylic acid groups (broad SMARTS) is 1. The van der Waals surface area contributed by atoms with Crippen molar-refractivity contribution < 1.29 is 19.5 Å². The molecule has 1 atom stereocenters. The molecule has 1 fully saturated rings. The summed E-state index contributed by atoms with van der Waals surface area (Å²) in [5.74, 6) is -1.87. The largest absolute Gasteiger partial charge is 0.480 e. The van der Waals surface area contributed by atoms with E-state index in [9.17, 15) is 14.4 Å². The molecule has 2 amide bonds. The summed E-state index contributed by atoms with van der Waals surface area (Å²) in [6.07, 6.45) is 1.99. The molecule has 0 aliphatic heterocycles. The fraction of sp³-hybridized carbons (Fsp3) is 0.727. The molecule has 0 heterocycles. The van der Waals surface area contributed by atoms with Crippen LogP contribution in [0.5, 0.6) is 0 Å². The van der Waals surface area contributed by atoms with Crippen LogP contribution < -0.4 is 10.6 Å². The quantitative estimate of drug-likeness (QED) is 0.566. The highest BCUT2D eigenvalue weighted by Crippen LogP contribution is 2.46. The summed E-state index contributed by atoms with van der Waals surface area (Å²) < 4.78 is 0. The number of carbonyl (C=O) groups is 3. The van der Waals surface area contributed by atoms with Crippen LogP contribution in [-0.2, 0) is 14.4 Å². The van der Waals surface area contributed by atoms with E-state index >= 15 is 0 Å². The fourth-order valence-electron chi connectivity index (χ4n) is 1.76. The molecule has 6 heteroatoms. The van der Waals surface area contributed by atoms with Crippen LogP contribution in [0.1, 0.15) is 32.6 Å². The predicted molar refractivity (Wildman–Crippen MR) is 60.2 cm³/mol. The standard InChI is InChI=1S/C11H18N2O4/c1-3-4-7(8(14)15)13-10(17)11(5-6-11)9(16)12-2/h7H,3-6H2,1-2H3,(H,12,16)(H,13,17)(H,14,15). The van der Waals surface area contributed by atoms with Crippen LogP contribution in [0.15, 0.2) is 0 Å². The van der Waals surface area contributed by atoms with Gasteiger partial charge in [0.15, 0.2) is 0 Å². The van der Waals surface area contributed by atoms with Gasteiger partial charge in [0, 0.05) is 7.05 Å². The second kappa shape index (κ2) is 5.16. The van der Waals surface area contributed by atoms with E-state index in [-0.39, 0.29) is 5.91 Å². The summed E-state index contributed by atoms with van der Waals surface area (Å²) in [6.45, 7) is 1.84. The second-order valence-electron chi connectivity index (χ2n) is 4.31. The molecule has 1 unspecified atom stereocenters. The monoisotopic (exact) mass is 242 g/mol. The molecular weight excluding hydrogens is 224 g/mol. The van der Waals surface area contributed by atoms with Crippen LogP contribution in [0.4, 0.5) is 0 Å². The Balaban J connectivity index is 2.65. The van der Waals surface area contributed by atoms with Crippen molar-refractivity contribution in [1.29, 1.82) is 0 Å². The summed E-state index contributed by atoms with van der Waals surface area (Å²) in [6, 6.07) is -0.908. The first-order valence-corrected chi connectivity index (χ1v) is 5.74. The third-order valence-corrected chi connectivity index (χ3v) is 3.03. The van der Waals surface area contributed by atoms with Crippen LogP contribution in [0.3, 0.4) is 0 Å². The molecule has 1 rings (SSSR count). The first-order chi connectivity index (χ1) is 7.97. The molecular formula is C11H18N2O4. The lowest BCUT2D eigenvalue weighted by molar-refractivity contribution is -0.145. The average Bonchev–Trinajstić information content (AvgIpc) is 3.08. The highest BCUT2D eigenvalue weighted by molar-refractivity contribution is 6.08. The summed E-state index contributed by atoms with van der Waals surface area (Å²) in [7, 11) is 1.47. The highest BCUT2D eigenvalue weighted by Gasteiger charge is 2.56. The van der Waals surface area contributed by atoms with Crippen molar-refractivity contribution in [2.24, 2.45) is 5.41 Å². The van der Waals surface area contributed by atoms with E-state index < -0.39 is 23.3 Å². The molecule has 0 aromatic rings. The van der Waals surface area contributed by atoms with Gasteiger partial charge in [-0.3, -0.25) is 9.59 Å². The number of nitrogens with one attached hydrogen (secondary N) is 2. The van der Waals surface area contributed by atoms with Gasteiger partial charge < -0.3 is 15.7 Å². The van der Waals surface area contributed by atoms with E-state index in [1.54, 1.807) is 0 Å². The Bertz CT molecular complexity index is 336. The molecule has 0 aromatic carbocycles. The SMILES string of the molecule is CCCC(NC(=O)C1(C(=O)NC)CC1)C(=O)O. The van der Waals surface area contributed by atoms with E-state index in [4.69, 9.17) is 5.11 Å². The lowest BCUT2D eigenvalue weighted by atomic mass is 10.0. The lowest BCUT2D eigenvalue weighted by Gasteiger charge is -2.18. The molecule has 0 spiro atoms. The summed E-state index contributed by atoms with van der Waals surface area (Å²) in [4.78, 5) is 34.3. The van der Waals surface area contributed by atoms with E-state index in [1.165, 1.54) is 7.05 Å². The van der Waals surface area contributed by atoms with E-state index in [2.05, 4.69) is 10.6 Å². The van der Waals surface area contributed by atoms with E-state index in [0.29, 0.717) is 25.7 Å². The van der Waals surface area contributed by atoms with Crippen LogP contribution in [0.25, 0.3) is 0 Å². The average molecular weight is 242 g/mol. The number of carbonyl (C=O) groups excluding carboxylic acids is 2. The molecule has 0 aromatic heterocycles. The third-order valence-electron chi connectivity index (χ3n) is 3.03. The van der Waals surface area contributed by atoms with Gasteiger partial charge in [0.25, 0.3) is 0 Å². The summed E-state index contributed by atoms with van der Waals surface area (Å²) >= 11 is 0. The molecule has 1 saturated carbocycles. The molecule has 1 aliphatic carbocycles. The smallest absolute Gasteiger partial charge is 0.326 e. The minimum atomic E-state index is -1.06. The Morgan fingerprint density at radius 2 is 1.88 bits per heavy atom. The zero-order valence-corrected chi connectivity index (χ0v) is 10.1. The fourth-order valence-corrected chi connectivity index (χ4v) is 1.76. The predicted octanol–water partition coefficient (Wildman–Crippen LogP) is -0.118. The maximum absolute atomic E-state index is 11.9. The summed E-state index contributed by atoms with van der Waals surface area (Å²) in [5.41, 5.74) is -1.03. The minimum absolute atomic E-state index is 0.337.